The van der Waals surface area contributed by atoms with E-state index in [1.807, 2.05) is 19.9 Å². The van der Waals surface area contributed by atoms with Gasteiger partial charge in [0.05, 0.1) is 4.92 Å². The number of anilines is 1. The van der Waals surface area contributed by atoms with Gasteiger partial charge in [0.15, 0.2) is 0 Å². The number of hydrogen-bond acceptors (Lipinski definition) is 7. The number of rotatable bonds is 5. The number of ether oxygens (including phenoxy) is 1. The minimum absolute atomic E-state index is 0.00301. The highest BCUT2D eigenvalue weighted by atomic mass is 16.6. The second kappa shape index (κ2) is 8.87. The van der Waals surface area contributed by atoms with Crippen LogP contribution < -0.4 is 4.90 Å². The monoisotopic (exact) mass is 465 g/mol. The van der Waals surface area contributed by atoms with Gasteiger partial charge in [-0.3, -0.25) is 15.0 Å². The molecule has 2 atom stereocenters. The van der Waals surface area contributed by atoms with Gasteiger partial charge in [0.1, 0.15) is 18.1 Å². The average molecular weight is 466 g/mol. The van der Waals surface area contributed by atoms with Gasteiger partial charge in [-0.05, 0) is 38.3 Å². The van der Waals surface area contributed by atoms with Crippen LogP contribution in [0.2, 0.25) is 0 Å². The van der Waals surface area contributed by atoms with Crippen molar-refractivity contribution < 1.29 is 14.5 Å². The van der Waals surface area contributed by atoms with Gasteiger partial charge >= 0.3 is 6.09 Å². The molecular formula is C25H31N5O4. The largest absolute Gasteiger partial charge is 0.446 e. The van der Waals surface area contributed by atoms with Crippen molar-refractivity contribution in [2.75, 3.05) is 31.1 Å². The predicted molar refractivity (Wildman–Crippen MR) is 128 cm³/mol. The zero-order valence-electron chi connectivity index (χ0n) is 19.7. The van der Waals surface area contributed by atoms with Crippen LogP contribution in [-0.2, 0) is 11.3 Å². The third-order valence-electron chi connectivity index (χ3n) is 7.41. The molecule has 0 radical (unpaired) electrons. The van der Waals surface area contributed by atoms with Crippen LogP contribution in [-0.4, -0.2) is 70.2 Å². The molecule has 1 aromatic carbocycles. The van der Waals surface area contributed by atoms with E-state index in [1.165, 1.54) is 17.8 Å². The van der Waals surface area contributed by atoms with Crippen molar-refractivity contribution >= 4 is 17.6 Å². The molecule has 3 fully saturated rings. The van der Waals surface area contributed by atoms with Crippen LogP contribution in [0.3, 0.4) is 0 Å². The van der Waals surface area contributed by atoms with E-state index in [4.69, 9.17) is 4.74 Å². The summed E-state index contributed by atoms with van der Waals surface area (Å²) in [5, 5.41) is 10.9. The van der Waals surface area contributed by atoms with Crippen LogP contribution in [0.1, 0.15) is 32.3 Å². The number of amides is 1. The fraction of sp³-hybridized carbons (Fsp3) is 0.520. The standard InChI is InChI=1S/C25H31N5O4/c1-18-14-29(19(2)13-28(18)23-9-8-21(12-26-23)30(32)33)24(31)34-22-10-25(11-22)16-27(17-25)15-20-6-4-3-5-7-20/h3-9,12,18-19,22H,10-11,13-17H2,1-2H3/t18-,19-/m1/s1. The quantitative estimate of drug-likeness (QED) is 0.491. The summed E-state index contributed by atoms with van der Waals surface area (Å²) >= 11 is 0. The summed E-state index contributed by atoms with van der Waals surface area (Å²) in [7, 11) is 0. The van der Waals surface area contributed by atoms with Gasteiger partial charge in [-0.15, -0.1) is 0 Å². The van der Waals surface area contributed by atoms with E-state index < -0.39 is 4.92 Å². The molecule has 0 N–H and O–H groups in total. The molecule has 2 aliphatic heterocycles. The Morgan fingerprint density at radius 2 is 1.85 bits per heavy atom. The number of likely N-dealkylation sites (tertiary alicyclic amines) is 1. The molecule has 0 bridgehead atoms. The molecular weight excluding hydrogens is 434 g/mol. The van der Waals surface area contributed by atoms with Gasteiger partial charge in [0, 0.05) is 56.3 Å². The molecule has 1 saturated carbocycles. The summed E-state index contributed by atoms with van der Waals surface area (Å²) in [6.07, 6.45) is 2.93. The molecule has 1 spiro atoms. The van der Waals surface area contributed by atoms with Gasteiger partial charge in [-0.25, -0.2) is 9.78 Å². The SMILES string of the molecule is C[C@@H]1CN(c2ccc([N+](=O)[O-])cn2)[C@H](C)CN1C(=O)OC1CC2(C1)CN(Cc1ccccc1)C2. The number of pyridine rings is 1. The van der Waals surface area contributed by atoms with Crippen molar-refractivity contribution in [1.82, 2.24) is 14.8 Å². The molecule has 2 aromatic rings. The van der Waals surface area contributed by atoms with Gasteiger partial charge in [0.2, 0.25) is 0 Å². The van der Waals surface area contributed by atoms with Crippen molar-refractivity contribution in [2.45, 2.75) is 51.4 Å². The Morgan fingerprint density at radius 1 is 1.12 bits per heavy atom. The van der Waals surface area contributed by atoms with E-state index in [9.17, 15) is 14.9 Å². The molecule has 1 amide bonds. The predicted octanol–water partition coefficient (Wildman–Crippen LogP) is 3.69. The maximum Gasteiger partial charge on any atom is 0.410 e. The van der Waals surface area contributed by atoms with Gasteiger partial charge in [0.25, 0.3) is 5.69 Å². The number of nitro groups is 1. The highest BCUT2D eigenvalue weighted by Crippen LogP contribution is 2.50. The molecule has 3 heterocycles. The van der Waals surface area contributed by atoms with E-state index in [-0.39, 0.29) is 30.0 Å². The summed E-state index contributed by atoms with van der Waals surface area (Å²) in [6.45, 7) is 8.29. The fourth-order valence-corrected chi connectivity index (χ4v) is 5.67. The molecule has 34 heavy (non-hydrogen) atoms. The average Bonchev–Trinajstić information content (AvgIpc) is 2.78. The second-order valence-electron chi connectivity index (χ2n) is 10.2. The molecule has 1 aliphatic carbocycles. The third-order valence-corrected chi connectivity index (χ3v) is 7.41. The lowest BCUT2D eigenvalue weighted by atomic mass is 9.61. The van der Waals surface area contributed by atoms with Crippen LogP contribution in [0.4, 0.5) is 16.3 Å². The Hall–Kier alpha value is -3.20. The highest BCUT2D eigenvalue weighted by Gasteiger charge is 2.54. The van der Waals surface area contributed by atoms with Gasteiger partial charge in [-0.1, -0.05) is 30.3 Å². The number of hydrogen-bond donors (Lipinski definition) is 0. The van der Waals surface area contributed by atoms with Crippen molar-refractivity contribution in [3.8, 4) is 0 Å². The number of carbonyl (C=O) groups is 1. The van der Waals surface area contributed by atoms with Gasteiger partial charge in [-0.2, -0.15) is 0 Å². The van der Waals surface area contributed by atoms with Crippen LogP contribution in [0.25, 0.3) is 0 Å². The Bertz CT molecular complexity index is 1030. The number of piperazine rings is 1. The lowest BCUT2D eigenvalue weighted by Crippen LogP contribution is -2.64. The molecule has 0 unspecified atom stereocenters. The van der Waals surface area contributed by atoms with E-state index in [2.05, 4.69) is 39.0 Å². The van der Waals surface area contributed by atoms with Crippen molar-refractivity contribution in [3.63, 3.8) is 0 Å². The lowest BCUT2D eigenvalue weighted by Gasteiger charge is -2.58. The van der Waals surface area contributed by atoms with E-state index in [0.29, 0.717) is 24.3 Å². The molecule has 1 aromatic heterocycles. The summed E-state index contributed by atoms with van der Waals surface area (Å²) in [4.78, 5) is 34.0. The minimum Gasteiger partial charge on any atom is -0.446 e. The van der Waals surface area contributed by atoms with Crippen molar-refractivity contribution in [2.24, 2.45) is 5.41 Å². The minimum atomic E-state index is -0.453. The number of aromatic nitrogens is 1. The van der Waals surface area contributed by atoms with Crippen LogP contribution >= 0.6 is 0 Å². The third kappa shape index (κ3) is 4.44. The lowest BCUT2D eigenvalue weighted by molar-refractivity contribution is -0.385. The van der Waals surface area contributed by atoms with E-state index in [1.54, 1.807) is 11.0 Å². The maximum absolute atomic E-state index is 12.9. The molecule has 9 heteroatoms. The number of nitrogens with zero attached hydrogens (tertiary/aromatic N) is 5. The van der Waals surface area contributed by atoms with Crippen LogP contribution in [0, 0.1) is 15.5 Å². The first kappa shape index (κ1) is 22.6. The Labute approximate surface area is 199 Å². The highest BCUT2D eigenvalue weighted by molar-refractivity contribution is 5.69. The summed E-state index contributed by atoms with van der Waals surface area (Å²) in [6, 6.07) is 13.6. The zero-order chi connectivity index (χ0) is 23.9. The first-order valence-corrected chi connectivity index (χ1v) is 11.9. The van der Waals surface area contributed by atoms with Crippen molar-refractivity contribution in [3.05, 3.63) is 64.3 Å². The van der Waals surface area contributed by atoms with Crippen LogP contribution in [0.15, 0.2) is 48.7 Å². The number of carbonyl (C=O) groups excluding carboxylic acids is 1. The Kier molecular flexibility index (Phi) is 5.89. The van der Waals surface area contributed by atoms with Crippen molar-refractivity contribution in [1.29, 1.82) is 0 Å². The summed E-state index contributed by atoms with van der Waals surface area (Å²) in [5.74, 6) is 0.684. The smallest absolute Gasteiger partial charge is 0.410 e. The normalized spacial score (nSPS) is 24.4. The summed E-state index contributed by atoms with van der Waals surface area (Å²) < 4.78 is 5.87. The second-order valence-corrected chi connectivity index (χ2v) is 10.2. The van der Waals surface area contributed by atoms with Crippen LogP contribution in [0.5, 0.6) is 0 Å². The Balaban J connectivity index is 1.09. The topological polar surface area (TPSA) is 92.0 Å². The molecule has 5 rings (SSSR count). The molecule has 180 valence electrons. The number of benzene rings is 1. The fourth-order valence-electron chi connectivity index (χ4n) is 5.67. The van der Waals surface area contributed by atoms with Gasteiger partial charge < -0.3 is 14.5 Å². The first-order valence-electron chi connectivity index (χ1n) is 11.9. The Morgan fingerprint density at radius 3 is 2.50 bits per heavy atom. The zero-order valence-corrected chi connectivity index (χ0v) is 19.7. The first-order chi connectivity index (χ1) is 16.3. The molecule has 3 aliphatic rings. The summed E-state index contributed by atoms with van der Waals surface area (Å²) in [5.41, 5.74) is 1.63. The van der Waals surface area contributed by atoms with E-state index in [0.717, 1.165) is 32.5 Å². The maximum atomic E-state index is 12.9. The molecule has 2 saturated heterocycles. The molecule has 9 nitrogen and oxygen atoms in total. The van der Waals surface area contributed by atoms with E-state index >= 15 is 0 Å².